The summed E-state index contributed by atoms with van der Waals surface area (Å²) in [5.41, 5.74) is 1.14. The van der Waals surface area contributed by atoms with Crippen molar-refractivity contribution in [3.05, 3.63) is 29.8 Å². The Morgan fingerprint density at radius 2 is 1.86 bits per heavy atom. The zero-order valence-corrected chi connectivity index (χ0v) is 8.91. The van der Waals surface area contributed by atoms with E-state index in [2.05, 4.69) is 0 Å². The molecule has 1 aromatic rings. The van der Waals surface area contributed by atoms with Gasteiger partial charge in [0.1, 0.15) is 0 Å². The van der Waals surface area contributed by atoms with Crippen molar-refractivity contribution in [3.63, 3.8) is 0 Å². The molecule has 0 aromatic heterocycles. The Morgan fingerprint density at radius 1 is 1.14 bits per heavy atom. The van der Waals surface area contributed by atoms with E-state index in [0.29, 0.717) is 6.79 Å². The number of ether oxygens (including phenoxy) is 2. The van der Waals surface area contributed by atoms with Crippen LogP contribution in [-0.2, 0) is 0 Å². The topological polar surface area (TPSA) is 18.5 Å². The normalized spacial score (nSPS) is 12.5. The van der Waals surface area contributed by atoms with Gasteiger partial charge in [0.15, 0.2) is 11.5 Å². The largest absolute Gasteiger partial charge is 0.454 e. The minimum absolute atomic E-state index is 0.342. The second kappa shape index (κ2) is 5.32. The summed E-state index contributed by atoms with van der Waals surface area (Å²) in [6.07, 6.45) is 4.03. The molecule has 1 aromatic carbocycles. The molecule has 0 bridgehead atoms. The van der Waals surface area contributed by atoms with Gasteiger partial charge in [-0.05, 0) is 24.6 Å². The van der Waals surface area contributed by atoms with Crippen LogP contribution in [0, 0.1) is 0 Å². The van der Waals surface area contributed by atoms with E-state index in [-0.39, 0.29) is 0 Å². The maximum absolute atomic E-state index is 5.23. The van der Waals surface area contributed by atoms with Crippen LogP contribution in [0.3, 0.4) is 0 Å². The van der Waals surface area contributed by atoms with Gasteiger partial charge in [-0.2, -0.15) is 0 Å². The zero-order chi connectivity index (χ0) is 10.4. The minimum Gasteiger partial charge on any atom is -0.454 e. The summed E-state index contributed by atoms with van der Waals surface area (Å²) in [6.45, 7) is 6.33. The molecule has 0 atom stereocenters. The molecule has 2 heteroatoms. The van der Waals surface area contributed by atoms with Crippen molar-refractivity contribution in [3.8, 4) is 11.5 Å². The Morgan fingerprint density at radius 3 is 2.57 bits per heavy atom. The standard InChI is InChI=1S/C10H10O2.C2H6/c1-2-3-8-4-5-9-10(6-8)12-7-11-9;1-2/h2-6H,7H2,1H3;1-2H3/b3-2+;. The molecule has 0 saturated carbocycles. The van der Waals surface area contributed by atoms with E-state index in [0.717, 1.165) is 17.1 Å². The average Bonchev–Trinajstić information content (AvgIpc) is 2.68. The molecule has 0 radical (unpaired) electrons. The lowest BCUT2D eigenvalue weighted by Crippen LogP contribution is -1.92. The Labute approximate surface area is 85.2 Å². The fourth-order valence-corrected chi connectivity index (χ4v) is 1.21. The first-order valence-electron chi connectivity index (χ1n) is 4.92. The highest BCUT2D eigenvalue weighted by Crippen LogP contribution is 2.32. The summed E-state index contributed by atoms with van der Waals surface area (Å²) >= 11 is 0. The summed E-state index contributed by atoms with van der Waals surface area (Å²) in [4.78, 5) is 0. The fraction of sp³-hybridized carbons (Fsp3) is 0.333. The van der Waals surface area contributed by atoms with Crippen molar-refractivity contribution in [1.82, 2.24) is 0 Å². The number of hydrogen-bond donors (Lipinski definition) is 0. The van der Waals surface area contributed by atoms with Crippen molar-refractivity contribution in [2.24, 2.45) is 0 Å². The van der Waals surface area contributed by atoms with Gasteiger partial charge in [-0.3, -0.25) is 0 Å². The monoisotopic (exact) mass is 192 g/mol. The van der Waals surface area contributed by atoms with Crippen LogP contribution in [-0.4, -0.2) is 6.79 Å². The third kappa shape index (κ3) is 2.28. The third-order valence-corrected chi connectivity index (χ3v) is 1.76. The lowest BCUT2D eigenvalue weighted by Gasteiger charge is -1.96. The molecule has 2 nitrogen and oxygen atoms in total. The molecule has 14 heavy (non-hydrogen) atoms. The second-order valence-electron chi connectivity index (χ2n) is 2.61. The molecule has 0 amide bonds. The third-order valence-electron chi connectivity index (χ3n) is 1.76. The molecule has 0 spiro atoms. The number of rotatable bonds is 1. The van der Waals surface area contributed by atoms with Crippen LogP contribution >= 0.6 is 0 Å². The van der Waals surface area contributed by atoms with Crippen molar-refractivity contribution >= 4 is 6.08 Å². The Kier molecular flexibility index (Phi) is 4.05. The van der Waals surface area contributed by atoms with Gasteiger partial charge in [-0.1, -0.05) is 32.1 Å². The van der Waals surface area contributed by atoms with Gasteiger partial charge in [0.25, 0.3) is 0 Å². The summed E-state index contributed by atoms with van der Waals surface area (Å²) in [6, 6.07) is 5.91. The molecule has 2 rings (SSSR count). The lowest BCUT2D eigenvalue weighted by molar-refractivity contribution is 0.174. The molecule has 0 aliphatic carbocycles. The predicted octanol–water partition coefficient (Wildman–Crippen LogP) is 3.47. The summed E-state index contributed by atoms with van der Waals surface area (Å²) in [5.74, 6) is 1.67. The van der Waals surface area contributed by atoms with E-state index in [1.807, 2.05) is 51.1 Å². The first-order valence-corrected chi connectivity index (χ1v) is 4.92. The van der Waals surface area contributed by atoms with Crippen LogP contribution in [0.4, 0.5) is 0 Å². The molecule has 0 saturated heterocycles. The van der Waals surface area contributed by atoms with Gasteiger partial charge >= 0.3 is 0 Å². The Balaban J connectivity index is 0.000000461. The highest BCUT2D eigenvalue weighted by Gasteiger charge is 2.11. The second-order valence-corrected chi connectivity index (χ2v) is 2.61. The number of hydrogen-bond acceptors (Lipinski definition) is 2. The summed E-state index contributed by atoms with van der Waals surface area (Å²) in [5, 5.41) is 0. The Hall–Kier alpha value is -1.44. The van der Waals surface area contributed by atoms with E-state index in [1.54, 1.807) is 0 Å². The number of benzene rings is 1. The molecule has 1 heterocycles. The molecule has 0 fully saturated rings. The van der Waals surface area contributed by atoms with Gasteiger partial charge in [-0.25, -0.2) is 0 Å². The van der Waals surface area contributed by atoms with Crippen LogP contribution in [0.2, 0.25) is 0 Å². The summed E-state index contributed by atoms with van der Waals surface area (Å²) in [7, 11) is 0. The van der Waals surface area contributed by atoms with Crippen molar-refractivity contribution in [1.29, 1.82) is 0 Å². The van der Waals surface area contributed by atoms with Crippen LogP contribution in [0.5, 0.6) is 11.5 Å². The van der Waals surface area contributed by atoms with Crippen molar-refractivity contribution in [2.45, 2.75) is 20.8 Å². The first kappa shape index (κ1) is 10.6. The van der Waals surface area contributed by atoms with E-state index < -0.39 is 0 Å². The molecule has 1 aliphatic rings. The van der Waals surface area contributed by atoms with Crippen LogP contribution in [0.1, 0.15) is 26.3 Å². The molecule has 76 valence electrons. The summed E-state index contributed by atoms with van der Waals surface area (Å²) < 4.78 is 10.4. The molecule has 0 unspecified atom stereocenters. The van der Waals surface area contributed by atoms with E-state index >= 15 is 0 Å². The van der Waals surface area contributed by atoms with Crippen LogP contribution in [0.25, 0.3) is 6.08 Å². The van der Waals surface area contributed by atoms with Gasteiger partial charge in [0.2, 0.25) is 6.79 Å². The van der Waals surface area contributed by atoms with E-state index in [4.69, 9.17) is 9.47 Å². The van der Waals surface area contributed by atoms with Crippen molar-refractivity contribution < 1.29 is 9.47 Å². The van der Waals surface area contributed by atoms with Crippen LogP contribution in [0.15, 0.2) is 24.3 Å². The Bertz CT molecular complexity index is 316. The van der Waals surface area contributed by atoms with E-state index in [1.165, 1.54) is 0 Å². The van der Waals surface area contributed by atoms with Crippen LogP contribution < -0.4 is 9.47 Å². The SMILES string of the molecule is C/C=C/c1ccc2c(c1)OCO2.CC. The van der Waals surface area contributed by atoms with Crippen molar-refractivity contribution in [2.75, 3.05) is 6.79 Å². The lowest BCUT2D eigenvalue weighted by atomic mass is 10.2. The maximum Gasteiger partial charge on any atom is 0.231 e. The molecular formula is C12H16O2. The van der Waals surface area contributed by atoms with Gasteiger partial charge in [-0.15, -0.1) is 0 Å². The number of allylic oxidation sites excluding steroid dienone is 1. The highest BCUT2D eigenvalue weighted by molar-refractivity contribution is 5.56. The van der Waals surface area contributed by atoms with Gasteiger partial charge in [0.05, 0.1) is 0 Å². The fourth-order valence-electron chi connectivity index (χ4n) is 1.21. The molecule has 0 N–H and O–H groups in total. The van der Waals surface area contributed by atoms with Gasteiger partial charge < -0.3 is 9.47 Å². The maximum atomic E-state index is 5.23. The minimum atomic E-state index is 0.342. The highest BCUT2D eigenvalue weighted by atomic mass is 16.7. The quantitative estimate of drug-likeness (QED) is 0.678. The molecular weight excluding hydrogens is 176 g/mol. The number of fused-ring (bicyclic) bond motifs is 1. The average molecular weight is 192 g/mol. The first-order chi connectivity index (χ1) is 6.90. The molecule has 1 aliphatic heterocycles. The predicted molar refractivity (Wildman–Crippen MR) is 58.6 cm³/mol. The zero-order valence-electron chi connectivity index (χ0n) is 8.91. The van der Waals surface area contributed by atoms with Gasteiger partial charge in [0, 0.05) is 0 Å². The smallest absolute Gasteiger partial charge is 0.231 e. The van der Waals surface area contributed by atoms with E-state index in [9.17, 15) is 0 Å².